The number of amides is 4. The van der Waals surface area contributed by atoms with Gasteiger partial charge in [0.25, 0.3) is 11.8 Å². The van der Waals surface area contributed by atoms with E-state index in [4.69, 9.17) is 9.47 Å². The van der Waals surface area contributed by atoms with Crippen molar-refractivity contribution < 1.29 is 28.2 Å². The molecule has 2 aromatic carbocycles. The Hall–Kier alpha value is -3.68. The Bertz CT molecular complexity index is 985. The molecule has 3 rings (SSSR count). The van der Waals surface area contributed by atoms with Crippen LogP contribution in [0.4, 0.5) is 9.18 Å². The van der Waals surface area contributed by atoms with Crippen molar-refractivity contribution in [1.82, 2.24) is 10.2 Å². The number of imide groups is 2. The van der Waals surface area contributed by atoms with Gasteiger partial charge in [0, 0.05) is 18.2 Å². The van der Waals surface area contributed by atoms with Gasteiger partial charge in [-0.2, -0.15) is 0 Å². The summed E-state index contributed by atoms with van der Waals surface area (Å²) in [5.74, 6) is -0.897. The van der Waals surface area contributed by atoms with Crippen molar-refractivity contribution in [2.24, 2.45) is 0 Å². The fraction of sp³-hybridized carbons (Fsp3) is 0.190. The highest BCUT2D eigenvalue weighted by Gasteiger charge is 2.35. The normalized spacial score (nSPS) is 15.5. The Kier molecular flexibility index (Phi) is 5.92. The van der Waals surface area contributed by atoms with Crippen molar-refractivity contribution >= 4 is 23.9 Å². The molecule has 0 bridgehead atoms. The first-order valence-corrected chi connectivity index (χ1v) is 8.78. The molecule has 29 heavy (non-hydrogen) atoms. The summed E-state index contributed by atoms with van der Waals surface area (Å²) in [6, 6.07) is 9.89. The first-order chi connectivity index (χ1) is 13.9. The number of barbiturate groups is 1. The summed E-state index contributed by atoms with van der Waals surface area (Å²) in [5, 5.41) is 2.17. The third-order valence-electron chi connectivity index (χ3n) is 4.46. The van der Waals surface area contributed by atoms with Crippen molar-refractivity contribution in [2.75, 3.05) is 20.8 Å². The minimum atomic E-state index is -0.791. The van der Waals surface area contributed by atoms with E-state index in [9.17, 15) is 18.8 Å². The molecule has 7 nitrogen and oxygen atoms in total. The molecule has 0 aliphatic carbocycles. The monoisotopic (exact) mass is 398 g/mol. The van der Waals surface area contributed by atoms with Crippen LogP contribution in [0, 0.1) is 5.82 Å². The van der Waals surface area contributed by atoms with Crippen molar-refractivity contribution in [1.29, 1.82) is 0 Å². The third-order valence-corrected chi connectivity index (χ3v) is 4.46. The summed E-state index contributed by atoms with van der Waals surface area (Å²) in [7, 11) is 2.97. The van der Waals surface area contributed by atoms with Gasteiger partial charge in [-0.05, 0) is 42.3 Å². The van der Waals surface area contributed by atoms with Gasteiger partial charge in [-0.25, -0.2) is 9.18 Å². The maximum Gasteiger partial charge on any atom is 0.331 e. The zero-order chi connectivity index (χ0) is 21.0. The van der Waals surface area contributed by atoms with Crippen LogP contribution in [-0.2, 0) is 16.0 Å². The van der Waals surface area contributed by atoms with Crippen molar-refractivity contribution in [3.05, 3.63) is 65.0 Å². The molecule has 4 amide bonds. The number of hydrogen-bond donors (Lipinski definition) is 1. The van der Waals surface area contributed by atoms with Crippen LogP contribution in [-0.4, -0.2) is 43.5 Å². The van der Waals surface area contributed by atoms with Gasteiger partial charge in [0.15, 0.2) is 0 Å². The Balaban J connectivity index is 1.84. The second-order valence-electron chi connectivity index (χ2n) is 6.26. The summed E-state index contributed by atoms with van der Waals surface area (Å²) in [6.07, 6.45) is 1.69. The van der Waals surface area contributed by atoms with E-state index in [1.165, 1.54) is 32.4 Å². The van der Waals surface area contributed by atoms with E-state index < -0.39 is 17.8 Å². The molecule has 0 unspecified atom stereocenters. The van der Waals surface area contributed by atoms with Crippen molar-refractivity contribution in [2.45, 2.75) is 6.42 Å². The van der Waals surface area contributed by atoms with Gasteiger partial charge in [0.1, 0.15) is 22.9 Å². The van der Waals surface area contributed by atoms with Crippen molar-refractivity contribution in [3.8, 4) is 11.5 Å². The molecule has 0 saturated carbocycles. The van der Waals surface area contributed by atoms with Gasteiger partial charge < -0.3 is 9.47 Å². The second-order valence-corrected chi connectivity index (χ2v) is 6.26. The molecule has 1 aliphatic rings. The quantitative estimate of drug-likeness (QED) is 0.597. The zero-order valence-corrected chi connectivity index (χ0v) is 15.9. The number of nitrogens with zero attached hydrogens (tertiary/aromatic N) is 1. The van der Waals surface area contributed by atoms with Crippen LogP contribution in [0.5, 0.6) is 11.5 Å². The number of halogens is 1. The lowest BCUT2D eigenvalue weighted by Crippen LogP contribution is -2.54. The van der Waals surface area contributed by atoms with E-state index in [1.54, 1.807) is 30.3 Å². The molecule has 1 heterocycles. The fourth-order valence-corrected chi connectivity index (χ4v) is 2.88. The average molecular weight is 398 g/mol. The number of urea groups is 1. The highest BCUT2D eigenvalue weighted by molar-refractivity contribution is 6.31. The maximum absolute atomic E-state index is 13.0. The molecular formula is C21H19FN2O5. The summed E-state index contributed by atoms with van der Waals surface area (Å²) in [6.45, 7) is 0.0423. The number of nitrogens with one attached hydrogen (secondary N) is 1. The molecule has 1 saturated heterocycles. The van der Waals surface area contributed by atoms with Gasteiger partial charge in [-0.1, -0.05) is 12.1 Å². The van der Waals surface area contributed by atoms with Gasteiger partial charge >= 0.3 is 6.03 Å². The zero-order valence-electron chi connectivity index (χ0n) is 15.9. The third kappa shape index (κ3) is 4.43. The van der Waals surface area contributed by atoms with Gasteiger partial charge in [0.2, 0.25) is 0 Å². The van der Waals surface area contributed by atoms with Crippen molar-refractivity contribution in [3.63, 3.8) is 0 Å². The van der Waals surface area contributed by atoms with E-state index >= 15 is 0 Å². The van der Waals surface area contributed by atoms with E-state index in [1.807, 2.05) is 0 Å². The lowest BCUT2D eigenvalue weighted by atomic mass is 10.1. The molecule has 0 radical (unpaired) electrons. The standard InChI is InChI=1S/C21H19FN2O5/c1-28-16-8-5-14(18(12-16)29-2)11-17-19(25)23-21(27)24(20(17)26)10-9-13-3-6-15(22)7-4-13/h3-8,11-12H,9-10H2,1-2H3,(H,23,25,27)/b17-11+. The molecule has 0 spiro atoms. The largest absolute Gasteiger partial charge is 0.497 e. The fourth-order valence-electron chi connectivity index (χ4n) is 2.88. The number of benzene rings is 2. The second kappa shape index (κ2) is 8.55. The first kappa shape index (κ1) is 20.1. The lowest BCUT2D eigenvalue weighted by molar-refractivity contribution is -0.130. The van der Waals surface area contributed by atoms with E-state index in [-0.39, 0.29) is 17.9 Å². The highest BCUT2D eigenvalue weighted by Crippen LogP contribution is 2.27. The van der Waals surface area contributed by atoms with Crippen LogP contribution >= 0.6 is 0 Å². The Morgan fingerprint density at radius 3 is 2.41 bits per heavy atom. The summed E-state index contributed by atoms with van der Waals surface area (Å²) < 4.78 is 23.4. The molecule has 1 fully saturated rings. The lowest BCUT2D eigenvalue weighted by Gasteiger charge is -2.26. The number of methoxy groups -OCH3 is 2. The summed E-state index contributed by atoms with van der Waals surface area (Å²) in [5.41, 5.74) is 1.05. The first-order valence-electron chi connectivity index (χ1n) is 8.78. The summed E-state index contributed by atoms with van der Waals surface area (Å²) in [4.78, 5) is 38.1. The van der Waals surface area contributed by atoms with Crippen LogP contribution in [0.3, 0.4) is 0 Å². The van der Waals surface area contributed by atoms with E-state index in [0.29, 0.717) is 23.5 Å². The van der Waals surface area contributed by atoms with Crippen LogP contribution in [0.1, 0.15) is 11.1 Å². The minimum Gasteiger partial charge on any atom is -0.497 e. The van der Waals surface area contributed by atoms with Gasteiger partial charge in [-0.3, -0.25) is 19.8 Å². The number of carbonyl (C=O) groups excluding carboxylic acids is 3. The molecule has 1 aliphatic heterocycles. The Morgan fingerprint density at radius 1 is 1.03 bits per heavy atom. The molecule has 8 heteroatoms. The highest BCUT2D eigenvalue weighted by atomic mass is 19.1. The smallest absolute Gasteiger partial charge is 0.331 e. The van der Waals surface area contributed by atoms with E-state index in [0.717, 1.165) is 10.5 Å². The molecule has 150 valence electrons. The topological polar surface area (TPSA) is 84.9 Å². The van der Waals surface area contributed by atoms with Crippen LogP contribution in [0.15, 0.2) is 48.0 Å². The SMILES string of the molecule is COc1ccc(/C=C2\C(=O)NC(=O)N(CCc3ccc(F)cc3)C2=O)c(OC)c1. The maximum atomic E-state index is 13.0. The molecule has 2 aromatic rings. The number of carbonyl (C=O) groups is 3. The molecule has 0 atom stereocenters. The predicted molar refractivity (Wildman–Crippen MR) is 103 cm³/mol. The van der Waals surface area contributed by atoms with Gasteiger partial charge in [-0.15, -0.1) is 0 Å². The summed E-state index contributed by atoms with van der Waals surface area (Å²) >= 11 is 0. The molecule has 1 N–H and O–H groups in total. The van der Waals surface area contributed by atoms with Crippen LogP contribution < -0.4 is 14.8 Å². The number of ether oxygens (including phenoxy) is 2. The van der Waals surface area contributed by atoms with E-state index in [2.05, 4.69) is 5.32 Å². The van der Waals surface area contributed by atoms with Crippen LogP contribution in [0.25, 0.3) is 6.08 Å². The number of hydrogen-bond acceptors (Lipinski definition) is 5. The van der Waals surface area contributed by atoms with Gasteiger partial charge in [0.05, 0.1) is 14.2 Å². The predicted octanol–water partition coefficient (Wildman–Crippen LogP) is 2.55. The molecule has 0 aromatic heterocycles. The molecular weight excluding hydrogens is 379 g/mol. The average Bonchev–Trinajstić information content (AvgIpc) is 2.72. The minimum absolute atomic E-state index is 0.0423. The Labute approximate surface area is 166 Å². The Morgan fingerprint density at radius 2 is 1.76 bits per heavy atom. The number of rotatable bonds is 6. The van der Waals surface area contributed by atoms with Crippen LogP contribution in [0.2, 0.25) is 0 Å².